The Morgan fingerprint density at radius 1 is 0.575 bits per heavy atom. The second kappa shape index (κ2) is 9.72. The molecule has 4 nitrogen and oxygen atoms in total. The Balaban J connectivity index is 3.63. The molecule has 1 aromatic carbocycles. The normalized spacial score (nSPS) is 16.1. The molecule has 0 unspecified atom stereocenters. The average Bonchev–Trinajstić information content (AvgIpc) is 2.75. The molecule has 40 heavy (non-hydrogen) atoms. The lowest BCUT2D eigenvalue weighted by Gasteiger charge is -2.38. The molecule has 0 bridgehead atoms. The smallest absolute Gasteiger partial charge is 0.428 e. The molecule has 0 fully saturated rings. The van der Waals surface area contributed by atoms with Gasteiger partial charge in [-0.2, -0.15) is 83.1 Å². The van der Waals surface area contributed by atoms with E-state index in [2.05, 4.69) is 4.74 Å². The van der Waals surface area contributed by atoms with Crippen LogP contribution in [0.25, 0.3) is 0 Å². The van der Waals surface area contributed by atoms with Crippen LogP contribution in [0.3, 0.4) is 0 Å². The third kappa shape index (κ3) is 5.34. The number of hydrogen-bond donors (Lipinski definition) is 1. The highest BCUT2D eigenvalue weighted by Crippen LogP contribution is 2.60. The molecule has 0 aromatic heterocycles. The maximum absolute atomic E-state index is 13.8. The first-order valence-corrected chi connectivity index (χ1v) is 10.2. The Labute approximate surface area is 206 Å². The molecule has 0 radical (unpaired) electrons. The molecule has 1 rings (SSSR count). The quantitative estimate of drug-likeness (QED) is 0.211. The number of alkyl halides is 17. The molecule has 1 N–H and O–H groups in total. The molecule has 0 atom stereocenters. The van der Waals surface area contributed by atoms with Crippen LogP contribution in [0, 0.1) is 0 Å². The molecule has 1 aromatic rings. The molecule has 0 heterocycles. The summed E-state index contributed by atoms with van der Waals surface area (Å²) in [6.07, 6.45) is -14.8. The third-order valence-electron chi connectivity index (χ3n) is 4.41. The minimum Gasteiger partial charge on any atom is -0.428 e. The van der Waals surface area contributed by atoms with Gasteiger partial charge in [-0.05, 0) is 24.3 Å². The number of ether oxygens (including phenoxy) is 1. The van der Waals surface area contributed by atoms with Gasteiger partial charge in [0.05, 0.1) is 4.90 Å². The topological polar surface area (TPSA) is 63.6 Å². The fourth-order valence-corrected chi connectivity index (χ4v) is 2.68. The van der Waals surface area contributed by atoms with Gasteiger partial charge in [-0.3, -0.25) is 4.55 Å². The van der Waals surface area contributed by atoms with Gasteiger partial charge in [-0.25, -0.2) is 8.78 Å². The fourth-order valence-electron chi connectivity index (χ4n) is 2.20. The zero-order valence-electron chi connectivity index (χ0n) is 17.6. The van der Waals surface area contributed by atoms with Gasteiger partial charge in [0.1, 0.15) is 5.75 Å². The second-order valence-corrected chi connectivity index (χ2v) is 8.56. The van der Waals surface area contributed by atoms with Gasteiger partial charge in [-0.15, -0.1) is 0 Å². The van der Waals surface area contributed by atoms with E-state index < -0.39 is 80.2 Å². The molecule has 0 aliphatic heterocycles. The van der Waals surface area contributed by atoms with Crippen LogP contribution in [0.5, 0.6) is 5.75 Å². The van der Waals surface area contributed by atoms with Crippen molar-refractivity contribution in [1.29, 1.82) is 0 Å². The lowest BCUT2D eigenvalue weighted by Crippen LogP contribution is -2.68. The van der Waals surface area contributed by atoms with Crippen LogP contribution in [0.4, 0.5) is 83.4 Å². The van der Waals surface area contributed by atoms with Crippen LogP contribution in [0.1, 0.15) is 0 Å². The molecule has 232 valence electrons. The van der Waals surface area contributed by atoms with E-state index in [-0.39, 0.29) is 24.3 Å². The van der Waals surface area contributed by atoms with Crippen molar-refractivity contribution in [3.05, 3.63) is 35.9 Å². The van der Waals surface area contributed by atoms with Crippen molar-refractivity contribution in [2.45, 2.75) is 52.7 Å². The Morgan fingerprint density at radius 2 is 0.925 bits per heavy atom. The van der Waals surface area contributed by atoms with Crippen LogP contribution < -0.4 is 4.74 Å². The standard InChI is InChI=1S/C16H5F19O4S/c17-7(8(18)10(21,22)12(25,26)15(31,32)33)9(19,20)11(23,24)13(27,28)14(29,30)16(34,35)39-5-1-3-6(4-2-5)40(36,37)38/h1-4H,(H,36,37,38)/b8-7+. The molecule has 0 saturated heterocycles. The molecule has 0 saturated carbocycles. The number of rotatable bonds is 10. The highest BCUT2D eigenvalue weighted by Gasteiger charge is 2.89. The van der Waals surface area contributed by atoms with E-state index in [0.29, 0.717) is 0 Å². The number of allylic oxidation sites excluding steroid dienone is 2. The zero-order chi connectivity index (χ0) is 32.3. The predicted molar refractivity (Wildman–Crippen MR) is 86.8 cm³/mol. The van der Waals surface area contributed by atoms with Crippen molar-refractivity contribution in [1.82, 2.24) is 0 Å². The number of benzene rings is 1. The van der Waals surface area contributed by atoms with Crippen LogP contribution in [0.15, 0.2) is 40.8 Å². The van der Waals surface area contributed by atoms with E-state index >= 15 is 0 Å². The molecular weight excluding hydrogens is 649 g/mol. The summed E-state index contributed by atoms with van der Waals surface area (Å²) < 4.78 is 284. The average molecular weight is 654 g/mol. The van der Waals surface area contributed by atoms with Gasteiger partial charge >= 0.3 is 47.8 Å². The Hall–Kier alpha value is -2.66. The Morgan fingerprint density at radius 3 is 1.25 bits per heavy atom. The first kappa shape index (κ1) is 35.4. The summed E-state index contributed by atoms with van der Waals surface area (Å²) in [6, 6.07) is -0.198. The SMILES string of the molecule is O=S(=O)(O)c1ccc(OC(F)(F)C(F)(F)C(F)(F)C(F)(F)C(F)(F)/C(F)=C(\F)C(F)(F)C(F)(F)C(F)(F)F)cc1. The maximum atomic E-state index is 13.8. The second-order valence-electron chi connectivity index (χ2n) is 7.14. The summed E-state index contributed by atoms with van der Waals surface area (Å²) in [5.41, 5.74) is 0. The van der Waals surface area contributed by atoms with Gasteiger partial charge in [0, 0.05) is 0 Å². The van der Waals surface area contributed by atoms with Crippen LogP contribution in [-0.4, -0.2) is 60.8 Å². The maximum Gasteiger partial charge on any atom is 0.471 e. The summed E-state index contributed by atoms with van der Waals surface area (Å²) in [5.74, 6) is -62.1. The van der Waals surface area contributed by atoms with E-state index in [1.807, 2.05) is 0 Å². The Kier molecular flexibility index (Phi) is 8.59. The first-order chi connectivity index (χ1) is 17.2. The highest BCUT2D eigenvalue weighted by atomic mass is 32.2. The van der Waals surface area contributed by atoms with Crippen molar-refractivity contribution in [2.75, 3.05) is 0 Å². The van der Waals surface area contributed by atoms with E-state index in [1.165, 1.54) is 0 Å². The lowest BCUT2D eigenvalue weighted by molar-refractivity contribution is -0.428. The number of hydrogen-bond acceptors (Lipinski definition) is 3. The van der Waals surface area contributed by atoms with Crippen molar-refractivity contribution in [2.24, 2.45) is 0 Å². The number of halogens is 19. The molecular formula is C16H5F19O4S. The van der Waals surface area contributed by atoms with E-state index in [4.69, 9.17) is 4.55 Å². The fraction of sp³-hybridized carbons (Fsp3) is 0.500. The monoisotopic (exact) mass is 654 g/mol. The van der Waals surface area contributed by atoms with Gasteiger partial charge in [-0.1, -0.05) is 0 Å². The summed E-state index contributed by atoms with van der Waals surface area (Å²) >= 11 is 0. The van der Waals surface area contributed by atoms with Gasteiger partial charge in [0.15, 0.2) is 0 Å². The van der Waals surface area contributed by atoms with Crippen molar-refractivity contribution in [3.63, 3.8) is 0 Å². The zero-order valence-corrected chi connectivity index (χ0v) is 18.4. The van der Waals surface area contributed by atoms with E-state index in [0.717, 1.165) is 0 Å². The van der Waals surface area contributed by atoms with Crippen molar-refractivity contribution in [3.8, 4) is 5.75 Å². The van der Waals surface area contributed by atoms with Crippen LogP contribution in [-0.2, 0) is 10.1 Å². The summed E-state index contributed by atoms with van der Waals surface area (Å²) in [5, 5.41) is 0. The molecule has 0 aliphatic carbocycles. The predicted octanol–water partition coefficient (Wildman–Crippen LogP) is 7.43. The van der Waals surface area contributed by atoms with Crippen LogP contribution >= 0.6 is 0 Å². The van der Waals surface area contributed by atoms with Crippen LogP contribution in [0.2, 0.25) is 0 Å². The largest absolute Gasteiger partial charge is 0.471 e. The molecule has 0 amide bonds. The molecule has 0 aliphatic rings. The minimum atomic E-state index is -8.53. The first-order valence-electron chi connectivity index (χ1n) is 8.79. The summed E-state index contributed by atoms with van der Waals surface area (Å²) in [4.78, 5) is -1.20. The van der Waals surface area contributed by atoms with Gasteiger partial charge < -0.3 is 4.74 Å². The van der Waals surface area contributed by atoms with Crippen molar-refractivity contribution >= 4 is 10.1 Å². The van der Waals surface area contributed by atoms with E-state index in [1.54, 1.807) is 0 Å². The summed E-state index contributed by atoms with van der Waals surface area (Å²) in [6.45, 7) is 0. The summed E-state index contributed by atoms with van der Waals surface area (Å²) in [7, 11) is -5.12. The third-order valence-corrected chi connectivity index (χ3v) is 5.28. The van der Waals surface area contributed by atoms with Crippen molar-refractivity contribution < 1.29 is 101 Å². The molecule has 0 spiro atoms. The Bertz CT molecular complexity index is 1230. The lowest BCUT2D eigenvalue weighted by atomic mass is 9.95. The highest BCUT2D eigenvalue weighted by molar-refractivity contribution is 7.85. The minimum absolute atomic E-state index is 0.0413. The molecule has 24 heteroatoms. The van der Waals surface area contributed by atoms with E-state index in [9.17, 15) is 91.8 Å². The van der Waals surface area contributed by atoms with Gasteiger partial charge in [0.2, 0.25) is 11.7 Å². The van der Waals surface area contributed by atoms with Gasteiger partial charge in [0.25, 0.3) is 10.1 Å².